The number of urea groups is 1. The molecule has 0 bridgehead atoms. The number of carbonyl (C=O) groups excluding carboxylic acids is 1. The molecule has 20 heavy (non-hydrogen) atoms. The van der Waals surface area contributed by atoms with Crippen LogP contribution in [0, 0.1) is 13.8 Å². The Hall–Kier alpha value is -1.56. The van der Waals surface area contributed by atoms with Crippen molar-refractivity contribution in [3.63, 3.8) is 0 Å². The van der Waals surface area contributed by atoms with E-state index in [9.17, 15) is 9.59 Å². The number of benzene rings is 1. The van der Waals surface area contributed by atoms with Crippen molar-refractivity contribution in [1.29, 1.82) is 0 Å². The van der Waals surface area contributed by atoms with E-state index in [0.29, 0.717) is 19.5 Å². The molecule has 0 saturated heterocycles. The zero-order chi connectivity index (χ0) is 15.1. The normalized spacial score (nSPS) is 10.2. The highest BCUT2D eigenvalue weighted by atomic mass is 79.9. The molecule has 0 saturated carbocycles. The van der Waals surface area contributed by atoms with Gasteiger partial charge in [0.15, 0.2) is 0 Å². The lowest BCUT2D eigenvalue weighted by molar-refractivity contribution is -0.137. The molecular weight excluding hydrogens is 324 g/mol. The van der Waals surface area contributed by atoms with E-state index in [1.54, 1.807) is 0 Å². The van der Waals surface area contributed by atoms with Crippen molar-refractivity contribution in [2.24, 2.45) is 0 Å². The summed E-state index contributed by atoms with van der Waals surface area (Å²) in [4.78, 5) is 21.9. The molecule has 0 unspecified atom stereocenters. The number of amides is 2. The summed E-state index contributed by atoms with van der Waals surface area (Å²) >= 11 is 3.43. The van der Waals surface area contributed by atoms with E-state index in [2.05, 4.69) is 26.6 Å². The maximum atomic E-state index is 11.6. The molecule has 3 N–H and O–H groups in total. The van der Waals surface area contributed by atoms with E-state index in [1.165, 1.54) is 0 Å². The first-order chi connectivity index (χ1) is 9.40. The summed E-state index contributed by atoms with van der Waals surface area (Å²) < 4.78 is 1.02. The molecule has 0 heterocycles. The van der Waals surface area contributed by atoms with Crippen LogP contribution in [0.4, 0.5) is 4.79 Å². The highest BCUT2D eigenvalue weighted by Gasteiger charge is 2.06. The summed E-state index contributed by atoms with van der Waals surface area (Å²) in [5.41, 5.74) is 3.32. The van der Waals surface area contributed by atoms with Crippen LogP contribution in [0.5, 0.6) is 0 Å². The Morgan fingerprint density at radius 1 is 1.20 bits per heavy atom. The Kier molecular flexibility index (Phi) is 6.51. The highest BCUT2D eigenvalue weighted by molar-refractivity contribution is 9.10. The van der Waals surface area contributed by atoms with Crippen molar-refractivity contribution < 1.29 is 14.7 Å². The van der Waals surface area contributed by atoms with Crippen LogP contribution >= 0.6 is 15.9 Å². The number of nitrogens with one attached hydrogen (secondary N) is 2. The van der Waals surface area contributed by atoms with E-state index in [1.807, 2.05) is 26.0 Å². The number of halogens is 1. The molecule has 0 atom stereocenters. The third kappa shape index (κ3) is 5.61. The Balaban J connectivity index is 2.40. The maximum Gasteiger partial charge on any atom is 0.315 e. The van der Waals surface area contributed by atoms with E-state index < -0.39 is 5.97 Å². The Bertz CT molecular complexity index is 480. The molecule has 1 rings (SSSR count). The van der Waals surface area contributed by atoms with E-state index in [-0.39, 0.29) is 12.5 Å². The van der Waals surface area contributed by atoms with Crippen LogP contribution in [-0.4, -0.2) is 23.7 Å². The fourth-order valence-corrected chi connectivity index (χ4v) is 2.58. The van der Waals surface area contributed by atoms with E-state index in [0.717, 1.165) is 21.2 Å². The minimum atomic E-state index is -0.853. The van der Waals surface area contributed by atoms with Gasteiger partial charge in [0.25, 0.3) is 0 Å². The van der Waals surface area contributed by atoms with Crippen LogP contribution in [0.3, 0.4) is 0 Å². The Morgan fingerprint density at radius 3 is 2.35 bits per heavy atom. The molecule has 110 valence electrons. The van der Waals surface area contributed by atoms with Gasteiger partial charge < -0.3 is 15.7 Å². The molecule has 0 fully saturated rings. The van der Waals surface area contributed by atoms with Gasteiger partial charge in [0.1, 0.15) is 0 Å². The highest BCUT2D eigenvalue weighted by Crippen LogP contribution is 2.20. The number of aryl methyl sites for hydroxylation is 2. The van der Waals surface area contributed by atoms with Crippen LogP contribution in [0.25, 0.3) is 0 Å². The predicted molar refractivity (Wildman–Crippen MR) is 80.7 cm³/mol. The van der Waals surface area contributed by atoms with Gasteiger partial charge in [0.05, 0.1) is 0 Å². The van der Waals surface area contributed by atoms with Gasteiger partial charge in [-0.25, -0.2) is 4.79 Å². The predicted octanol–water partition coefficient (Wildman–Crippen LogP) is 2.73. The molecule has 0 aliphatic carbocycles. The van der Waals surface area contributed by atoms with Crippen LogP contribution < -0.4 is 10.6 Å². The second-order valence-electron chi connectivity index (χ2n) is 4.62. The molecule has 0 aromatic heterocycles. The standard InChI is InChI=1S/C14H19BrN2O3/c1-9-6-11(15)7-10(2)12(9)8-17-14(20)16-5-3-4-13(18)19/h6-7H,3-5,8H2,1-2H3,(H,18,19)(H2,16,17,20). The summed E-state index contributed by atoms with van der Waals surface area (Å²) in [6.07, 6.45) is 0.490. The van der Waals surface area contributed by atoms with Gasteiger partial charge in [-0.3, -0.25) is 4.79 Å². The molecule has 1 aromatic carbocycles. The van der Waals surface area contributed by atoms with E-state index in [4.69, 9.17) is 5.11 Å². The smallest absolute Gasteiger partial charge is 0.315 e. The number of aliphatic carboxylic acids is 1. The maximum absolute atomic E-state index is 11.6. The Morgan fingerprint density at radius 2 is 1.80 bits per heavy atom. The van der Waals surface area contributed by atoms with Gasteiger partial charge in [-0.05, 0) is 49.1 Å². The average Bonchev–Trinajstić information content (AvgIpc) is 2.33. The van der Waals surface area contributed by atoms with Gasteiger partial charge in [-0.1, -0.05) is 15.9 Å². The molecule has 0 aliphatic heterocycles. The number of carboxylic acid groups (broad SMARTS) is 1. The SMILES string of the molecule is Cc1cc(Br)cc(C)c1CNC(=O)NCCCC(=O)O. The number of hydrogen-bond acceptors (Lipinski definition) is 2. The first kappa shape index (κ1) is 16.5. The summed E-state index contributed by atoms with van der Waals surface area (Å²) in [5, 5.41) is 13.9. The lowest BCUT2D eigenvalue weighted by Crippen LogP contribution is -2.36. The number of carboxylic acids is 1. The zero-order valence-corrected chi connectivity index (χ0v) is 13.2. The van der Waals surface area contributed by atoms with Gasteiger partial charge in [-0.2, -0.15) is 0 Å². The van der Waals surface area contributed by atoms with Crippen molar-refractivity contribution in [3.8, 4) is 0 Å². The topological polar surface area (TPSA) is 78.4 Å². The summed E-state index contributed by atoms with van der Waals surface area (Å²) in [5.74, 6) is -0.853. The second-order valence-corrected chi connectivity index (χ2v) is 5.54. The van der Waals surface area contributed by atoms with Crippen LogP contribution in [-0.2, 0) is 11.3 Å². The van der Waals surface area contributed by atoms with Crippen molar-refractivity contribution >= 4 is 27.9 Å². The molecular formula is C14H19BrN2O3. The van der Waals surface area contributed by atoms with Crippen molar-refractivity contribution in [1.82, 2.24) is 10.6 Å². The monoisotopic (exact) mass is 342 g/mol. The zero-order valence-electron chi connectivity index (χ0n) is 11.6. The lowest BCUT2D eigenvalue weighted by atomic mass is 10.0. The summed E-state index contributed by atoms with van der Waals surface area (Å²) in [7, 11) is 0. The van der Waals surface area contributed by atoms with Gasteiger partial charge in [0.2, 0.25) is 0 Å². The number of carbonyl (C=O) groups is 2. The number of hydrogen-bond donors (Lipinski definition) is 3. The summed E-state index contributed by atoms with van der Waals surface area (Å²) in [6.45, 7) is 4.81. The van der Waals surface area contributed by atoms with Gasteiger partial charge in [0, 0.05) is 24.0 Å². The molecule has 0 spiro atoms. The largest absolute Gasteiger partial charge is 0.481 e. The fourth-order valence-electron chi connectivity index (χ4n) is 1.89. The molecule has 0 radical (unpaired) electrons. The molecule has 5 nitrogen and oxygen atoms in total. The molecule has 1 aromatic rings. The molecule has 2 amide bonds. The van der Waals surface area contributed by atoms with Gasteiger partial charge >= 0.3 is 12.0 Å². The first-order valence-corrected chi connectivity index (χ1v) is 7.18. The van der Waals surface area contributed by atoms with Gasteiger partial charge in [-0.15, -0.1) is 0 Å². The molecule has 0 aliphatic rings. The quantitative estimate of drug-likeness (QED) is 0.695. The minimum Gasteiger partial charge on any atom is -0.481 e. The number of rotatable bonds is 6. The first-order valence-electron chi connectivity index (χ1n) is 6.39. The van der Waals surface area contributed by atoms with Crippen molar-refractivity contribution in [3.05, 3.63) is 33.3 Å². The Labute approximate surface area is 126 Å². The van der Waals surface area contributed by atoms with Crippen molar-refractivity contribution in [2.45, 2.75) is 33.2 Å². The van der Waals surface area contributed by atoms with Crippen LogP contribution in [0.15, 0.2) is 16.6 Å². The second kappa shape index (κ2) is 7.89. The van der Waals surface area contributed by atoms with E-state index >= 15 is 0 Å². The van der Waals surface area contributed by atoms with Crippen molar-refractivity contribution in [2.75, 3.05) is 6.54 Å². The lowest BCUT2D eigenvalue weighted by Gasteiger charge is -2.12. The third-order valence-electron chi connectivity index (χ3n) is 2.94. The van der Waals surface area contributed by atoms with Crippen LogP contribution in [0.2, 0.25) is 0 Å². The third-order valence-corrected chi connectivity index (χ3v) is 3.40. The minimum absolute atomic E-state index is 0.0607. The average molecular weight is 343 g/mol. The molecule has 6 heteroatoms. The summed E-state index contributed by atoms with van der Waals surface area (Å²) in [6, 6.07) is 3.74. The fraction of sp³-hybridized carbons (Fsp3) is 0.429. The van der Waals surface area contributed by atoms with Crippen LogP contribution in [0.1, 0.15) is 29.5 Å².